The summed E-state index contributed by atoms with van der Waals surface area (Å²) in [5.74, 6) is 3.03. The van der Waals surface area contributed by atoms with E-state index >= 15 is 0 Å². The van der Waals surface area contributed by atoms with Crippen LogP contribution in [0, 0.1) is 5.92 Å². The smallest absolute Gasteiger partial charge is 0.108 e. The normalized spacial score (nSPS) is 28.1. The molecule has 0 amide bonds. The van der Waals surface area contributed by atoms with E-state index in [9.17, 15) is 0 Å². The molecule has 1 N–H and O–H groups in total. The van der Waals surface area contributed by atoms with Gasteiger partial charge in [-0.05, 0) is 24.8 Å². The molecule has 0 aromatic carbocycles. The molecule has 0 bridgehead atoms. The summed E-state index contributed by atoms with van der Waals surface area (Å²) in [6, 6.07) is 0. The minimum absolute atomic E-state index is 0.690. The van der Waals surface area contributed by atoms with Crippen LogP contribution in [0.2, 0.25) is 0 Å². The summed E-state index contributed by atoms with van der Waals surface area (Å²) in [4.78, 5) is 6.72. The van der Waals surface area contributed by atoms with Gasteiger partial charge in [0.25, 0.3) is 0 Å². The van der Waals surface area contributed by atoms with Crippen molar-refractivity contribution in [3.05, 3.63) is 11.4 Å². The zero-order valence-corrected chi connectivity index (χ0v) is 8.59. The van der Waals surface area contributed by atoms with Gasteiger partial charge < -0.3 is 10.2 Å². The molecule has 0 fully saturated rings. The van der Waals surface area contributed by atoms with E-state index in [-0.39, 0.29) is 0 Å². The molecule has 2 aliphatic heterocycles. The Kier molecular flexibility index (Phi) is 2.02. The summed E-state index contributed by atoms with van der Waals surface area (Å²) in [6.45, 7) is 6.36. The van der Waals surface area contributed by atoms with Crippen LogP contribution in [-0.4, -0.2) is 30.9 Å². The molecule has 2 heterocycles. The van der Waals surface area contributed by atoms with E-state index in [0.717, 1.165) is 18.9 Å². The molecule has 3 heteroatoms. The molecule has 13 heavy (non-hydrogen) atoms. The third-order valence-corrected chi connectivity index (χ3v) is 2.96. The van der Waals surface area contributed by atoms with Crippen LogP contribution in [0.3, 0.4) is 0 Å². The number of aliphatic imine (C=N–C) groups is 1. The second-order valence-electron chi connectivity index (χ2n) is 4.01. The Labute approximate surface area is 79.5 Å². The van der Waals surface area contributed by atoms with Gasteiger partial charge in [-0.1, -0.05) is 6.92 Å². The van der Waals surface area contributed by atoms with Crippen molar-refractivity contribution in [2.45, 2.75) is 20.3 Å². The third kappa shape index (κ3) is 1.43. The van der Waals surface area contributed by atoms with Crippen molar-refractivity contribution < 1.29 is 0 Å². The van der Waals surface area contributed by atoms with Crippen molar-refractivity contribution in [3.8, 4) is 0 Å². The summed E-state index contributed by atoms with van der Waals surface area (Å²) in [7, 11) is 2.15. The van der Waals surface area contributed by atoms with Gasteiger partial charge in [0.15, 0.2) is 0 Å². The first-order chi connectivity index (χ1) is 6.18. The summed E-state index contributed by atoms with van der Waals surface area (Å²) in [5, 5.41) is 3.35. The van der Waals surface area contributed by atoms with E-state index in [1.54, 1.807) is 0 Å². The monoisotopic (exact) mass is 179 g/mol. The number of hydrogen-bond donors (Lipinski definition) is 1. The van der Waals surface area contributed by atoms with Gasteiger partial charge >= 0.3 is 0 Å². The Morgan fingerprint density at radius 3 is 3.08 bits per heavy atom. The SMILES string of the molecule is CC1=NCC2=C(N1)N(C)CCC2C. The van der Waals surface area contributed by atoms with Gasteiger partial charge in [-0.15, -0.1) is 0 Å². The van der Waals surface area contributed by atoms with E-state index in [2.05, 4.69) is 29.2 Å². The summed E-state index contributed by atoms with van der Waals surface area (Å²) < 4.78 is 0. The fraction of sp³-hybridized carbons (Fsp3) is 0.700. The molecule has 0 aromatic rings. The van der Waals surface area contributed by atoms with Gasteiger partial charge in [0.1, 0.15) is 5.82 Å². The molecular weight excluding hydrogens is 162 g/mol. The van der Waals surface area contributed by atoms with Crippen molar-refractivity contribution in [1.29, 1.82) is 0 Å². The van der Waals surface area contributed by atoms with Crippen LogP contribution < -0.4 is 5.32 Å². The zero-order valence-electron chi connectivity index (χ0n) is 8.59. The van der Waals surface area contributed by atoms with Gasteiger partial charge in [0, 0.05) is 13.6 Å². The fourth-order valence-corrected chi connectivity index (χ4v) is 1.97. The Morgan fingerprint density at radius 1 is 1.54 bits per heavy atom. The number of hydrogen-bond acceptors (Lipinski definition) is 3. The van der Waals surface area contributed by atoms with E-state index < -0.39 is 0 Å². The Morgan fingerprint density at radius 2 is 2.31 bits per heavy atom. The summed E-state index contributed by atoms with van der Waals surface area (Å²) in [6.07, 6.45) is 1.26. The highest BCUT2D eigenvalue weighted by atomic mass is 15.3. The first-order valence-corrected chi connectivity index (χ1v) is 4.90. The maximum Gasteiger partial charge on any atom is 0.108 e. The van der Waals surface area contributed by atoms with E-state index in [0.29, 0.717) is 5.92 Å². The van der Waals surface area contributed by atoms with E-state index in [1.807, 2.05) is 6.92 Å². The number of rotatable bonds is 0. The second kappa shape index (κ2) is 3.05. The standard InChI is InChI=1S/C10H17N3/c1-7-4-5-13(3)10-9(7)6-11-8(2)12-10/h7H,4-6H2,1-3H3,(H,11,12). The van der Waals surface area contributed by atoms with Crippen molar-refractivity contribution >= 4 is 5.84 Å². The maximum absolute atomic E-state index is 4.42. The second-order valence-corrected chi connectivity index (χ2v) is 4.01. The summed E-state index contributed by atoms with van der Waals surface area (Å²) in [5.41, 5.74) is 1.47. The highest BCUT2D eigenvalue weighted by Gasteiger charge is 2.25. The molecule has 0 spiro atoms. The topological polar surface area (TPSA) is 27.6 Å². The van der Waals surface area contributed by atoms with Crippen molar-refractivity contribution in [3.63, 3.8) is 0 Å². The van der Waals surface area contributed by atoms with Gasteiger partial charge in [-0.3, -0.25) is 4.99 Å². The van der Waals surface area contributed by atoms with Gasteiger partial charge in [0.05, 0.1) is 12.4 Å². The zero-order chi connectivity index (χ0) is 9.42. The van der Waals surface area contributed by atoms with Crippen LogP contribution in [0.15, 0.2) is 16.4 Å². The van der Waals surface area contributed by atoms with Crippen LogP contribution in [0.5, 0.6) is 0 Å². The molecule has 1 atom stereocenters. The molecular formula is C10H17N3. The molecule has 72 valence electrons. The van der Waals surface area contributed by atoms with E-state index in [4.69, 9.17) is 0 Å². The van der Waals surface area contributed by atoms with Crippen LogP contribution in [0.25, 0.3) is 0 Å². The number of nitrogens with zero attached hydrogens (tertiary/aromatic N) is 2. The lowest BCUT2D eigenvalue weighted by Crippen LogP contribution is -2.41. The number of amidine groups is 1. The molecule has 0 radical (unpaired) electrons. The molecule has 2 rings (SSSR count). The summed E-state index contributed by atoms with van der Waals surface area (Å²) >= 11 is 0. The third-order valence-electron chi connectivity index (χ3n) is 2.96. The van der Waals surface area contributed by atoms with Crippen LogP contribution >= 0.6 is 0 Å². The lowest BCUT2D eigenvalue weighted by molar-refractivity contribution is 0.322. The Balaban J connectivity index is 2.28. The Bertz CT molecular complexity index is 278. The van der Waals surface area contributed by atoms with Gasteiger partial charge in [-0.2, -0.15) is 0 Å². The molecule has 0 aromatic heterocycles. The quantitative estimate of drug-likeness (QED) is 0.605. The molecule has 0 saturated carbocycles. The van der Waals surface area contributed by atoms with E-state index in [1.165, 1.54) is 17.8 Å². The highest BCUT2D eigenvalue weighted by molar-refractivity contribution is 5.82. The lowest BCUT2D eigenvalue weighted by atomic mass is 9.93. The van der Waals surface area contributed by atoms with Crippen molar-refractivity contribution in [2.24, 2.45) is 10.9 Å². The highest BCUT2D eigenvalue weighted by Crippen LogP contribution is 2.26. The number of nitrogens with one attached hydrogen (secondary N) is 1. The average Bonchev–Trinajstić information content (AvgIpc) is 2.12. The minimum Gasteiger partial charge on any atom is -0.361 e. The van der Waals surface area contributed by atoms with Gasteiger partial charge in [-0.25, -0.2) is 0 Å². The molecule has 3 nitrogen and oxygen atoms in total. The molecule has 0 aliphatic carbocycles. The first kappa shape index (κ1) is 8.60. The molecule has 0 saturated heterocycles. The van der Waals surface area contributed by atoms with Crippen molar-refractivity contribution in [2.75, 3.05) is 20.1 Å². The average molecular weight is 179 g/mol. The first-order valence-electron chi connectivity index (χ1n) is 4.90. The predicted octanol–water partition coefficient (Wildman–Crippen LogP) is 1.19. The van der Waals surface area contributed by atoms with Crippen LogP contribution in [0.4, 0.5) is 0 Å². The van der Waals surface area contributed by atoms with Crippen LogP contribution in [0.1, 0.15) is 20.3 Å². The lowest BCUT2D eigenvalue weighted by Gasteiger charge is -2.36. The van der Waals surface area contributed by atoms with Gasteiger partial charge in [0.2, 0.25) is 0 Å². The largest absolute Gasteiger partial charge is 0.361 e. The van der Waals surface area contributed by atoms with Crippen LogP contribution in [-0.2, 0) is 0 Å². The fourth-order valence-electron chi connectivity index (χ4n) is 1.97. The van der Waals surface area contributed by atoms with Crippen molar-refractivity contribution in [1.82, 2.24) is 10.2 Å². The molecule has 2 aliphatic rings. The maximum atomic E-state index is 4.42. The Hall–Kier alpha value is -0.990. The molecule has 1 unspecified atom stereocenters. The predicted molar refractivity (Wildman–Crippen MR) is 54.5 cm³/mol. The minimum atomic E-state index is 0.690.